The van der Waals surface area contributed by atoms with E-state index in [1.807, 2.05) is 22.9 Å². The average molecular weight is 291 g/mol. The van der Waals surface area contributed by atoms with E-state index in [-0.39, 0.29) is 5.82 Å². The van der Waals surface area contributed by atoms with Gasteiger partial charge < -0.3 is 10.1 Å². The number of nitrogens with zero attached hydrogens (tertiary/aromatic N) is 2. The van der Waals surface area contributed by atoms with E-state index in [0.717, 1.165) is 17.2 Å². The minimum Gasteiger partial charge on any atom is -0.437 e. The Balaban J connectivity index is 1.95. The molecule has 0 saturated carbocycles. The minimum atomic E-state index is -0.322. The lowest BCUT2D eigenvalue weighted by Gasteiger charge is -2.06. The van der Waals surface area contributed by atoms with Gasteiger partial charge in [0, 0.05) is 24.2 Å². The molecule has 0 fully saturated rings. The number of imidazole rings is 1. The number of hydrogen-bond acceptors (Lipinski definition) is 4. The number of aromatic nitrogens is 2. The maximum absolute atomic E-state index is 13.2. The SMILES string of the molecule is CCNCc1c(Oc2cccc(F)c2)nc2sccn12. The van der Waals surface area contributed by atoms with E-state index in [4.69, 9.17) is 4.74 Å². The van der Waals surface area contributed by atoms with E-state index < -0.39 is 0 Å². The fourth-order valence-electron chi connectivity index (χ4n) is 1.94. The highest BCUT2D eigenvalue weighted by Gasteiger charge is 2.14. The molecule has 6 heteroatoms. The molecule has 1 aromatic carbocycles. The van der Waals surface area contributed by atoms with Crippen molar-refractivity contribution in [1.82, 2.24) is 14.7 Å². The molecule has 0 bridgehead atoms. The van der Waals surface area contributed by atoms with E-state index in [2.05, 4.69) is 10.3 Å². The van der Waals surface area contributed by atoms with Gasteiger partial charge in [-0.1, -0.05) is 13.0 Å². The summed E-state index contributed by atoms with van der Waals surface area (Å²) in [6, 6.07) is 6.07. The van der Waals surface area contributed by atoms with E-state index >= 15 is 0 Å². The van der Waals surface area contributed by atoms with Gasteiger partial charge in [-0.25, -0.2) is 4.39 Å². The molecule has 0 spiro atoms. The summed E-state index contributed by atoms with van der Waals surface area (Å²) in [6.07, 6.45) is 1.96. The van der Waals surface area contributed by atoms with Gasteiger partial charge >= 0.3 is 0 Å². The van der Waals surface area contributed by atoms with E-state index in [1.165, 1.54) is 23.5 Å². The maximum Gasteiger partial charge on any atom is 0.243 e. The summed E-state index contributed by atoms with van der Waals surface area (Å²) in [5.74, 6) is 0.647. The van der Waals surface area contributed by atoms with Crippen LogP contribution in [-0.4, -0.2) is 15.9 Å². The van der Waals surface area contributed by atoms with E-state index in [1.54, 1.807) is 12.1 Å². The Morgan fingerprint density at radius 3 is 3.15 bits per heavy atom. The Morgan fingerprint density at radius 1 is 1.45 bits per heavy atom. The Labute approximate surface area is 119 Å². The summed E-state index contributed by atoms with van der Waals surface area (Å²) in [4.78, 5) is 5.31. The van der Waals surface area contributed by atoms with Crippen molar-refractivity contribution in [3.05, 3.63) is 47.4 Å². The van der Waals surface area contributed by atoms with Gasteiger partial charge in [0.25, 0.3) is 0 Å². The summed E-state index contributed by atoms with van der Waals surface area (Å²) in [5, 5.41) is 5.24. The van der Waals surface area contributed by atoms with Crippen LogP contribution in [0.25, 0.3) is 4.96 Å². The van der Waals surface area contributed by atoms with Gasteiger partial charge in [-0.3, -0.25) is 4.40 Å². The summed E-state index contributed by atoms with van der Waals surface area (Å²) in [6.45, 7) is 3.55. The van der Waals surface area contributed by atoms with E-state index in [0.29, 0.717) is 18.2 Å². The molecule has 2 heterocycles. The summed E-state index contributed by atoms with van der Waals surface area (Å²) in [5.41, 5.74) is 0.937. The average Bonchev–Trinajstić information content (AvgIpc) is 2.98. The molecule has 0 unspecified atom stereocenters. The highest BCUT2D eigenvalue weighted by molar-refractivity contribution is 7.15. The second-order valence-corrected chi connectivity index (χ2v) is 5.13. The lowest BCUT2D eigenvalue weighted by molar-refractivity contribution is 0.451. The molecule has 0 atom stereocenters. The van der Waals surface area contributed by atoms with Crippen LogP contribution in [-0.2, 0) is 6.54 Å². The zero-order chi connectivity index (χ0) is 13.9. The number of halogens is 1. The molecule has 1 N–H and O–H groups in total. The molecule has 0 aliphatic rings. The van der Waals surface area contributed by atoms with Gasteiger partial charge in [-0.15, -0.1) is 11.3 Å². The van der Waals surface area contributed by atoms with Crippen molar-refractivity contribution in [2.75, 3.05) is 6.54 Å². The number of fused-ring (bicyclic) bond motifs is 1. The van der Waals surface area contributed by atoms with Crippen LogP contribution < -0.4 is 10.1 Å². The fraction of sp³-hybridized carbons (Fsp3) is 0.214. The lowest BCUT2D eigenvalue weighted by atomic mass is 10.3. The van der Waals surface area contributed by atoms with Crippen molar-refractivity contribution in [3.8, 4) is 11.6 Å². The summed E-state index contributed by atoms with van der Waals surface area (Å²) in [7, 11) is 0. The summed E-state index contributed by atoms with van der Waals surface area (Å²) < 4.78 is 20.9. The van der Waals surface area contributed by atoms with Crippen LogP contribution >= 0.6 is 11.3 Å². The molecule has 0 radical (unpaired) electrons. The van der Waals surface area contributed by atoms with Crippen molar-refractivity contribution in [1.29, 1.82) is 0 Å². The maximum atomic E-state index is 13.2. The van der Waals surface area contributed by atoms with Crippen LogP contribution in [0.4, 0.5) is 4.39 Å². The van der Waals surface area contributed by atoms with Crippen LogP contribution in [0.15, 0.2) is 35.8 Å². The highest BCUT2D eigenvalue weighted by Crippen LogP contribution is 2.28. The minimum absolute atomic E-state index is 0.322. The highest BCUT2D eigenvalue weighted by atomic mass is 32.1. The van der Waals surface area contributed by atoms with Gasteiger partial charge in [0.05, 0.1) is 0 Å². The third kappa shape index (κ3) is 2.52. The quantitative estimate of drug-likeness (QED) is 0.782. The Hall–Kier alpha value is -1.92. The molecule has 3 rings (SSSR count). The fourth-order valence-corrected chi connectivity index (χ4v) is 2.67. The van der Waals surface area contributed by atoms with Gasteiger partial charge in [-0.05, 0) is 18.7 Å². The predicted molar refractivity (Wildman–Crippen MR) is 76.9 cm³/mol. The van der Waals surface area contributed by atoms with Gasteiger partial charge in [0.2, 0.25) is 5.88 Å². The number of hydrogen-bond donors (Lipinski definition) is 1. The topological polar surface area (TPSA) is 38.6 Å². The number of rotatable bonds is 5. The largest absolute Gasteiger partial charge is 0.437 e. The van der Waals surface area contributed by atoms with Gasteiger partial charge in [0.1, 0.15) is 17.3 Å². The van der Waals surface area contributed by atoms with Crippen LogP contribution in [0.3, 0.4) is 0 Å². The van der Waals surface area contributed by atoms with Crippen LogP contribution in [0.5, 0.6) is 11.6 Å². The van der Waals surface area contributed by atoms with Crippen molar-refractivity contribution >= 4 is 16.3 Å². The van der Waals surface area contributed by atoms with Crippen molar-refractivity contribution < 1.29 is 9.13 Å². The van der Waals surface area contributed by atoms with Crippen molar-refractivity contribution in [3.63, 3.8) is 0 Å². The molecule has 4 nitrogen and oxygen atoms in total. The van der Waals surface area contributed by atoms with Crippen molar-refractivity contribution in [2.24, 2.45) is 0 Å². The number of ether oxygens (including phenoxy) is 1. The Kier molecular flexibility index (Phi) is 3.66. The smallest absolute Gasteiger partial charge is 0.243 e. The monoisotopic (exact) mass is 291 g/mol. The number of nitrogens with one attached hydrogen (secondary N) is 1. The van der Waals surface area contributed by atoms with Gasteiger partial charge in [0.15, 0.2) is 4.96 Å². The Bertz CT molecular complexity index is 722. The second-order valence-electron chi connectivity index (χ2n) is 4.26. The molecule has 0 saturated heterocycles. The molecular formula is C14H14FN3OS. The lowest BCUT2D eigenvalue weighted by Crippen LogP contribution is -2.13. The third-order valence-electron chi connectivity index (χ3n) is 2.88. The molecular weight excluding hydrogens is 277 g/mol. The predicted octanol–water partition coefficient (Wildman–Crippen LogP) is 3.44. The first kappa shape index (κ1) is 13.1. The molecule has 0 amide bonds. The van der Waals surface area contributed by atoms with E-state index in [9.17, 15) is 4.39 Å². The summed E-state index contributed by atoms with van der Waals surface area (Å²) >= 11 is 1.54. The first-order chi connectivity index (χ1) is 9.78. The zero-order valence-corrected chi connectivity index (χ0v) is 11.8. The third-order valence-corrected chi connectivity index (χ3v) is 3.63. The molecule has 20 heavy (non-hydrogen) atoms. The normalized spacial score (nSPS) is 11.1. The van der Waals surface area contributed by atoms with Crippen LogP contribution in [0, 0.1) is 5.82 Å². The van der Waals surface area contributed by atoms with Crippen LogP contribution in [0.1, 0.15) is 12.6 Å². The zero-order valence-electron chi connectivity index (χ0n) is 11.0. The van der Waals surface area contributed by atoms with Crippen LogP contribution in [0.2, 0.25) is 0 Å². The standard InChI is InChI=1S/C14H14FN3OS/c1-2-16-9-12-13(17-14-18(12)6-7-20-14)19-11-5-3-4-10(15)8-11/h3-8,16H,2,9H2,1H3. The first-order valence-electron chi connectivity index (χ1n) is 6.36. The molecule has 3 aromatic rings. The first-order valence-corrected chi connectivity index (χ1v) is 7.24. The molecule has 2 aromatic heterocycles. The van der Waals surface area contributed by atoms with Gasteiger partial charge in [-0.2, -0.15) is 4.98 Å². The number of thiazole rings is 1. The van der Waals surface area contributed by atoms with Crippen molar-refractivity contribution in [2.45, 2.75) is 13.5 Å². The molecule has 104 valence electrons. The molecule has 0 aliphatic heterocycles. The second kappa shape index (κ2) is 5.60. The Morgan fingerprint density at radius 2 is 2.35 bits per heavy atom. The number of benzene rings is 1. The molecule has 0 aliphatic carbocycles.